The number of aryl methyl sites for hydroxylation is 2. The summed E-state index contributed by atoms with van der Waals surface area (Å²) in [5, 5.41) is 0. The minimum Gasteiger partial charge on any atom is -0.342 e. The number of rotatable bonds is 4. The van der Waals surface area contributed by atoms with Crippen LogP contribution >= 0.6 is 0 Å². The molecule has 0 spiro atoms. The van der Waals surface area contributed by atoms with Crippen LogP contribution in [0, 0.1) is 19.8 Å². The number of likely N-dealkylation sites (tertiary alicyclic amines) is 1. The van der Waals surface area contributed by atoms with Gasteiger partial charge in [-0.3, -0.25) is 8.98 Å². The Morgan fingerprint density at radius 2 is 1.78 bits per heavy atom. The summed E-state index contributed by atoms with van der Waals surface area (Å²) in [6.07, 6.45) is 2.79. The number of benzene rings is 1. The van der Waals surface area contributed by atoms with E-state index in [2.05, 4.69) is 0 Å². The second kappa shape index (κ2) is 6.24. The van der Waals surface area contributed by atoms with Gasteiger partial charge in [0.2, 0.25) is 5.91 Å². The fraction of sp³-hybridized carbons (Fsp3) is 0.588. The number of nitrogens with zero attached hydrogens (tertiary/aromatic N) is 1. The molecule has 23 heavy (non-hydrogen) atoms. The number of hydrogen-bond acceptors (Lipinski definition) is 4. The van der Waals surface area contributed by atoms with E-state index < -0.39 is 10.1 Å². The topological polar surface area (TPSA) is 63.7 Å². The Morgan fingerprint density at radius 3 is 2.35 bits per heavy atom. The molecule has 1 aliphatic heterocycles. The van der Waals surface area contributed by atoms with Crippen molar-refractivity contribution in [1.82, 2.24) is 4.90 Å². The average molecular weight is 337 g/mol. The van der Waals surface area contributed by atoms with Crippen molar-refractivity contribution in [3.05, 3.63) is 29.3 Å². The Morgan fingerprint density at radius 1 is 1.13 bits per heavy atom. The smallest absolute Gasteiger partial charge is 0.297 e. The minimum absolute atomic E-state index is 0.214. The molecule has 1 saturated carbocycles. The fourth-order valence-electron chi connectivity index (χ4n) is 3.07. The quantitative estimate of drug-likeness (QED) is 0.792. The van der Waals surface area contributed by atoms with Gasteiger partial charge >= 0.3 is 0 Å². The molecule has 1 amide bonds. The van der Waals surface area contributed by atoms with Crippen LogP contribution in [0.2, 0.25) is 0 Å². The van der Waals surface area contributed by atoms with Crippen LogP contribution in [0.4, 0.5) is 0 Å². The zero-order valence-electron chi connectivity index (χ0n) is 13.6. The lowest BCUT2D eigenvalue weighted by molar-refractivity contribution is -0.134. The molecule has 0 unspecified atom stereocenters. The lowest BCUT2D eigenvalue weighted by Crippen LogP contribution is -2.42. The van der Waals surface area contributed by atoms with Crippen LogP contribution in [0.25, 0.3) is 0 Å². The van der Waals surface area contributed by atoms with Crippen LogP contribution in [0.5, 0.6) is 0 Å². The minimum atomic E-state index is -3.75. The van der Waals surface area contributed by atoms with Crippen molar-refractivity contribution >= 4 is 16.0 Å². The molecule has 0 bridgehead atoms. The molecule has 0 N–H and O–H groups in total. The van der Waals surface area contributed by atoms with Gasteiger partial charge in [-0.2, -0.15) is 8.42 Å². The Hall–Kier alpha value is -1.40. The maximum Gasteiger partial charge on any atom is 0.297 e. The van der Waals surface area contributed by atoms with Crippen LogP contribution in [0.1, 0.15) is 36.8 Å². The van der Waals surface area contributed by atoms with Crippen LogP contribution in [0.3, 0.4) is 0 Å². The molecule has 1 saturated heterocycles. The van der Waals surface area contributed by atoms with Crippen molar-refractivity contribution < 1.29 is 17.4 Å². The summed E-state index contributed by atoms with van der Waals surface area (Å²) < 4.78 is 30.4. The van der Waals surface area contributed by atoms with Gasteiger partial charge in [-0.25, -0.2) is 0 Å². The van der Waals surface area contributed by atoms with Crippen LogP contribution in [-0.2, 0) is 19.1 Å². The molecule has 3 rings (SSSR count). The highest BCUT2D eigenvalue weighted by Crippen LogP contribution is 2.32. The predicted octanol–water partition coefficient (Wildman–Crippen LogP) is 2.41. The van der Waals surface area contributed by atoms with Crippen molar-refractivity contribution in [1.29, 1.82) is 0 Å². The second-order valence-corrected chi connectivity index (χ2v) is 8.16. The van der Waals surface area contributed by atoms with E-state index in [1.54, 1.807) is 19.1 Å². The first-order valence-electron chi connectivity index (χ1n) is 8.16. The van der Waals surface area contributed by atoms with Crippen LogP contribution in [-0.4, -0.2) is 38.4 Å². The van der Waals surface area contributed by atoms with Crippen molar-refractivity contribution in [2.24, 2.45) is 5.92 Å². The molecule has 2 aliphatic rings. The Balaban J connectivity index is 1.62. The highest BCUT2D eigenvalue weighted by molar-refractivity contribution is 7.86. The second-order valence-electron chi connectivity index (χ2n) is 6.62. The third kappa shape index (κ3) is 3.75. The Bertz CT molecular complexity index is 701. The molecule has 1 heterocycles. The van der Waals surface area contributed by atoms with E-state index >= 15 is 0 Å². The molecule has 126 valence electrons. The first-order valence-corrected chi connectivity index (χ1v) is 9.57. The predicted molar refractivity (Wildman–Crippen MR) is 86.5 cm³/mol. The number of hydrogen-bond donors (Lipinski definition) is 0. The molecule has 0 radical (unpaired) electrons. The number of amides is 1. The lowest BCUT2D eigenvalue weighted by Gasteiger charge is -2.31. The van der Waals surface area contributed by atoms with E-state index in [1.165, 1.54) is 0 Å². The molecule has 1 aromatic rings. The molecule has 0 atom stereocenters. The van der Waals surface area contributed by atoms with Crippen molar-refractivity contribution in [2.75, 3.05) is 13.1 Å². The molecule has 0 aromatic heterocycles. The van der Waals surface area contributed by atoms with E-state index in [1.807, 2.05) is 17.9 Å². The highest BCUT2D eigenvalue weighted by atomic mass is 32.2. The van der Waals surface area contributed by atoms with Gasteiger partial charge in [-0.15, -0.1) is 0 Å². The van der Waals surface area contributed by atoms with Gasteiger partial charge in [0.15, 0.2) is 0 Å². The summed E-state index contributed by atoms with van der Waals surface area (Å²) in [7, 11) is -3.75. The number of carbonyl (C=O) groups excluding carboxylic acids is 1. The number of carbonyl (C=O) groups is 1. The van der Waals surface area contributed by atoms with E-state index in [4.69, 9.17) is 4.18 Å². The van der Waals surface area contributed by atoms with Crippen molar-refractivity contribution in [3.63, 3.8) is 0 Å². The maximum absolute atomic E-state index is 12.5. The average Bonchev–Trinajstić information content (AvgIpc) is 3.31. The zero-order valence-corrected chi connectivity index (χ0v) is 14.4. The Labute approximate surface area is 137 Å². The van der Waals surface area contributed by atoms with Gasteiger partial charge in [0, 0.05) is 19.0 Å². The summed E-state index contributed by atoms with van der Waals surface area (Å²) >= 11 is 0. The largest absolute Gasteiger partial charge is 0.342 e. The van der Waals surface area contributed by atoms with Gasteiger partial charge in [0.05, 0.1) is 11.0 Å². The maximum atomic E-state index is 12.5. The summed E-state index contributed by atoms with van der Waals surface area (Å²) in [6.45, 7) is 4.88. The normalized spacial score (nSPS) is 19.8. The Kier molecular flexibility index (Phi) is 4.47. The van der Waals surface area contributed by atoms with Gasteiger partial charge in [0.1, 0.15) is 0 Å². The lowest BCUT2D eigenvalue weighted by atomic mass is 10.1. The molecule has 1 aliphatic carbocycles. The molecule has 5 nitrogen and oxygen atoms in total. The summed E-state index contributed by atoms with van der Waals surface area (Å²) in [4.78, 5) is 14.1. The van der Waals surface area contributed by atoms with Gasteiger partial charge in [-0.05, 0) is 51.2 Å². The summed E-state index contributed by atoms with van der Waals surface area (Å²) in [6, 6.07) is 5.22. The van der Waals surface area contributed by atoms with Gasteiger partial charge < -0.3 is 4.90 Å². The third-order valence-corrected chi connectivity index (χ3v) is 6.07. The van der Waals surface area contributed by atoms with E-state index in [0.29, 0.717) is 31.5 Å². The van der Waals surface area contributed by atoms with Crippen LogP contribution < -0.4 is 0 Å². The summed E-state index contributed by atoms with van der Waals surface area (Å²) in [5.74, 6) is 0.437. The van der Waals surface area contributed by atoms with E-state index in [9.17, 15) is 13.2 Å². The molecule has 1 aromatic carbocycles. The first kappa shape index (κ1) is 16.5. The molecular formula is C17H23NO4S. The fourth-order valence-corrected chi connectivity index (χ4v) is 4.41. The van der Waals surface area contributed by atoms with Crippen molar-refractivity contribution in [3.8, 4) is 0 Å². The molecular weight excluding hydrogens is 314 g/mol. The van der Waals surface area contributed by atoms with E-state index in [0.717, 1.165) is 18.4 Å². The summed E-state index contributed by atoms with van der Waals surface area (Å²) in [5.41, 5.74) is 1.72. The third-order valence-electron chi connectivity index (χ3n) is 4.54. The van der Waals surface area contributed by atoms with Crippen molar-refractivity contribution in [2.45, 2.75) is 50.5 Å². The standard InChI is InChI=1S/C17H23NO4S/c1-12-3-6-16(13(2)11-12)23(20,21)22-15-7-9-18(10-8-15)17(19)14-4-5-14/h3,6,11,14-15H,4-5,7-10H2,1-2H3. The highest BCUT2D eigenvalue weighted by Gasteiger charge is 2.36. The zero-order chi connectivity index (χ0) is 16.6. The van der Waals surface area contributed by atoms with E-state index in [-0.39, 0.29) is 22.8 Å². The molecule has 6 heteroatoms. The van der Waals surface area contributed by atoms with Crippen LogP contribution in [0.15, 0.2) is 23.1 Å². The molecule has 2 fully saturated rings. The van der Waals surface area contributed by atoms with Gasteiger partial charge in [-0.1, -0.05) is 17.7 Å². The first-order chi connectivity index (χ1) is 10.9. The van der Waals surface area contributed by atoms with Gasteiger partial charge in [0.25, 0.3) is 10.1 Å². The SMILES string of the molecule is Cc1ccc(S(=O)(=O)OC2CCN(C(=O)C3CC3)CC2)c(C)c1. The monoisotopic (exact) mass is 337 g/mol. The number of piperidine rings is 1.